The lowest BCUT2D eigenvalue weighted by Gasteiger charge is -2.02. The second kappa shape index (κ2) is 18.6. The van der Waals surface area contributed by atoms with E-state index in [1.165, 1.54) is 83.5 Å². The third-order valence-corrected chi connectivity index (χ3v) is 4.80. The Morgan fingerprint density at radius 1 is 0.615 bits per heavy atom. The fraction of sp³-hybridized carbons (Fsp3) is 0.818. The Morgan fingerprint density at radius 2 is 1.08 bits per heavy atom. The highest BCUT2D eigenvalue weighted by Gasteiger charge is 1.93. The summed E-state index contributed by atoms with van der Waals surface area (Å²) in [6.45, 7) is 3.89. The van der Waals surface area contributed by atoms with E-state index in [1.807, 2.05) is 0 Å². The third-order valence-electron chi connectivity index (χ3n) is 4.80. The van der Waals surface area contributed by atoms with Crippen LogP contribution in [-0.4, -0.2) is 31.4 Å². The number of methoxy groups -OCH3 is 1. The van der Waals surface area contributed by atoms with Crippen molar-refractivity contribution >= 4 is 0 Å². The maximum Gasteiger partial charge on any atom is 0.0598 e. The van der Waals surface area contributed by atoms with Crippen LogP contribution in [0.4, 0.5) is 0 Å². The average Bonchev–Trinajstić information content (AvgIpc) is 3.17. The highest BCUT2D eigenvalue weighted by atomic mass is 16.5. The molecular weight excluding hydrogens is 322 g/mol. The van der Waals surface area contributed by atoms with Crippen molar-refractivity contribution in [2.24, 2.45) is 10.2 Å². The van der Waals surface area contributed by atoms with Gasteiger partial charge >= 0.3 is 0 Å². The topological polar surface area (TPSA) is 38.9 Å². The molecule has 0 radical (unpaired) electrons. The molecule has 0 amide bonds. The minimum atomic E-state index is 0.909. The van der Waals surface area contributed by atoms with E-state index >= 15 is 0 Å². The van der Waals surface area contributed by atoms with Gasteiger partial charge in [-0.05, 0) is 37.8 Å². The zero-order chi connectivity index (χ0) is 18.5. The summed E-state index contributed by atoms with van der Waals surface area (Å²) in [6.07, 6.45) is 21.2. The molecule has 1 heterocycles. The number of hydrogen-bond donors (Lipinski definition) is 0. The number of aryl methyl sites for hydroxylation is 1. The molecule has 4 heteroatoms. The Morgan fingerprint density at radius 3 is 1.62 bits per heavy atom. The Kier molecular flexibility index (Phi) is 16.4. The van der Waals surface area contributed by atoms with Gasteiger partial charge < -0.3 is 9.30 Å². The number of unbranched alkanes of at least 4 members (excludes halogenated alkanes) is 11. The highest BCUT2D eigenvalue weighted by Crippen LogP contribution is 2.10. The van der Waals surface area contributed by atoms with Gasteiger partial charge in [-0.2, -0.15) is 10.2 Å². The Bertz CT molecular complexity index is 404. The minimum absolute atomic E-state index is 0.909. The molecule has 0 aliphatic heterocycles. The molecule has 0 unspecified atom stereocenters. The van der Waals surface area contributed by atoms with Crippen molar-refractivity contribution in [1.29, 1.82) is 0 Å². The molecule has 0 fully saturated rings. The smallest absolute Gasteiger partial charge is 0.0598 e. The molecule has 0 aliphatic rings. The summed E-state index contributed by atoms with van der Waals surface area (Å²) < 4.78 is 7.32. The Hall–Kier alpha value is -1.16. The summed E-state index contributed by atoms with van der Waals surface area (Å²) in [5, 5.41) is 8.63. The molecular formula is C22H41N3O. The van der Waals surface area contributed by atoms with Crippen LogP contribution in [0.15, 0.2) is 34.8 Å². The van der Waals surface area contributed by atoms with Crippen LogP contribution >= 0.6 is 0 Å². The number of hydrogen-bond acceptors (Lipinski definition) is 3. The lowest BCUT2D eigenvalue weighted by atomic mass is 10.1. The molecule has 1 aromatic rings. The number of azo groups is 1. The molecule has 0 aliphatic carbocycles. The van der Waals surface area contributed by atoms with Crippen molar-refractivity contribution in [2.45, 2.75) is 90.0 Å². The first-order valence-electron chi connectivity index (χ1n) is 10.9. The number of aromatic nitrogens is 1. The van der Waals surface area contributed by atoms with E-state index in [4.69, 9.17) is 4.74 Å². The molecule has 26 heavy (non-hydrogen) atoms. The molecule has 4 nitrogen and oxygen atoms in total. The summed E-state index contributed by atoms with van der Waals surface area (Å²) in [4.78, 5) is 0. The Labute approximate surface area is 161 Å². The largest absolute Gasteiger partial charge is 0.385 e. The van der Waals surface area contributed by atoms with Crippen LogP contribution in [0.5, 0.6) is 0 Å². The molecule has 0 saturated heterocycles. The van der Waals surface area contributed by atoms with Crippen molar-refractivity contribution in [3.8, 4) is 0 Å². The van der Waals surface area contributed by atoms with E-state index in [0.29, 0.717) is 0 Å². The van der Waals surface area contributed by atoms with Gasteiger partial charge in [-0.3, -0.25) is 0 Å². The van der Waals surface area contributed by atoms with Crippen molar-refractivity contribution in [3.63, 3.8) is 0 Å². The summed E-state index contributed by atoms with van der Waals surface area (Å²) in [5.41, 5.74) is 0. The monoisotopic (exact) mass is 363 g/mol. The van der Waals surface area contributed by atoms with Crippen molar-refractivity contribution in [3.05, 3.63) is 24.5 Å². The molecule has 0 N–H and O–H groups in total. The fourth-order valence-corrected chi connectivity index (χ4v) is 3.16. The quantitative estimate of drug-likeness (QED) is 0.200. The van der Waals surface area contributed by atoms with E-state index in [2.05, 4.69) is 39.3 Å². The molecule has 0 spiro atoms. The van der Waals surface area contributed by atoms with Crippen LogP contribution < -0.4 is 0 Å². The van der Waals surface area contributed by atoms with Gasteiger partial charge in [0.05, 0.1) is 13.1 Å². The highest BCUT2D eigenvalue weighted by molar-refractivity contribution is 4.89. The standard InChI is InChI=1S/C22H41N3O/c1-26-22-16-10-6-4-2-3-5-7-11-17-23-24-18-12-8-9-13-19-25-20-14-15-21-25/h14-15,20-21H,2-13,16-19,22H2,1H3/b24-23-. The van der Waals surface area contributed by atoms with Crippen molar-refractivity contribution < 1.29 is 4.74 Å². The van der Waals surface area contributed by atoms with Gasteiger partial charge in [0.25, 0.3) is 0 Å². The van der Waals surface area contributed by atoms with Crippen LogP contribution in [0.25, 0.3) is 0 Å². The summed E-state index contributed by atoms with van der Waals surface area (Å²) >= 11 is 0. The Balaban J connectivity index is 1.70. The second-order valence-electron chi connectivity index (χ2n) is 7.24. The zero-order valence-electron chi connectivity index (χ0n) is 17.1. The van der Waals surface area contributed by atoms with Crippen LogP contribution in [0.3, 0.4) is 0 Å². The van der Waals surface area contributed by atoms with Gasteiger partial charge in [0.2, 0.25) is 0 Å². The molecule has 1 rings (SSSR count). The van der Waals surface area contributed by atoms with Crippen LogP contribution in [0.2, 0.25) is 0 Å². The summed E-state index contributed by atoms with van der Waals surface area (Å²) in [5.74, 6) is 0. The fourth-order valence-electron chi connectivity index (χ4n) is 3.16. The second-order valence-corrected chi connectivity index (χ2v) is 7.24. The molecule has 150 valence electrons. The van der Waals surface area contributed by atoms with Crippen LogP contribution in [0.1, 0.15) is 83.5 Å². The van der Waals surface area contributed by atoms with Crippen molar-refractivity contribution in [2.75, 3.05) is 26.8 Å². The van der Waals surface area contributed by atoms with E-state index < -0.39 is 0 Å². The van der Waals surface area contributed by atoms with Gasteiger partial charge in [-0.25, -0.2) is 0 Å². The lowest BCUT2D eigenvalue weighted by molar-refractivity contribution is 0.192. The zero-order valence-corrected chi connectivity index (χ0v) is 17.1. The van der Waals surface area contributed by atoms with Crippen LogP contribution in [-0.2, 0) is 11.3 Å². The average molecular weight is 364 g/mol. The van der Waals surface area contributed by atoms with Gasteiger partial charge in [0.15, 0.2) is 0 Å². The molecule has 0 bridgehead atoms. The number of ether oxygens (including phenoxy) is 1. The summed E-state index contributed by atoms with van der Waals surface area (Å²) in [6, 6.07) is 4.18. The molecule has 0 atom stereocenters. The maximum absolute atomic E-state index is 5.07. The predicted octanol–water partition coefficient (Wildman–Crippen LogP) is 6.66. The molecule has 0 aromatic carbocycles. The van der Waals surface area contributed by atoms with E-state index in [-0.39, 0.29) is 0 Å². The van der Waals surface area contributed by atoms with Gasteiger partial charge in [-0.1, -0.05) is 57.8 Å². The molecule has 0 saturated carbocycles. The van der Waals surface area contributed by atoms with Crippen LogP contribution in [0, 0.1) is 0 Å². The normalized spacial score (nSPS) is 11.6. The summed E-state index contributed by atoms with van der Waals surface area (Å²) in [7, 11) is 1.78. The minimum Gasteiger partial charge on any atom is -0.385 e. The maximum atomic E-state index is 5.07. The first-order valence-corrected chi connectivity index (χ1v) is 10.9. The number of rotatable bonds is 19. The van der Waals surface area contributed by atoms with E-state index in [9.17, 15) is 0 Å². The third kappa shape index (κ3) is 15.1. The van der Waals surface area contributed by atoms with Crippen molar-refractivity contribution in [1.82, 2.24) is 4.57 Å². The lowest BCUT2D eigenvalue weighted by Crippen LogP contribution is -1.94. The van der Waals surface area contributed by atoms with E-state index in [1.54, 1.807) is 7.11 Å². The van der Waals surface area contributed by atoms with Gasteiger partial charge in [0, 0.05) is 32.7 Å². The SMILES string of the molecule is COCCCCCCCCCCC/N=N\CCCCCCn1cccc1. The number of nitrogens with zero attached hydrogens (tertiary/aromatic N) is 3. The predicted molar refractivity (Wildman–Crippen MR) is 111 cm³/mol. The van der Waals surface area contributed by atoms with Gasteiger partial charge in [0.1, 0.15) is 0 Å². The van der Waals surface area contributed by atoms with Gasteiger partial charge in [-0.15, -0.1) is 0 Å². The first-order chi connectivity index (χ1) is 12.9. The first kappa shape index (κ1) is 22.9. The molecule has 1 aromatic heterocycles. The van der Waals surface area contributed by atoms with E-state index in [0.717, 1.165) is 26.2 Å².